The van der Waals surface area contributed by atoms with Crippen LogP contribution in [0.2, 0.25) is 0 Å². The number of aromatic amines is 1. The molecule has 0 aliphatic carbocycles. The van der Waals surface area contributed by atoms with Crippen LogP contribution in [0.5, 0.6) is 0 Å². The second kappa shape index (κ2) is 6.93. The molecular weight excluding hydrogens is 350 g/mol. The van der Waals surface area contributed by atoms with E-state index in [1.807, 2.05) is 38.1 Å². The number of hydrogen-bond acceptors (Lipinski definition) is 4. The van der Waals surface area contributed by atoms with E-state index in [1.54, 1.807) is 19.2 Å². The van der Waals surface area contributed by atoms with Crippen molar-refractivity contribution in [1.82, 2.24) is 4.98 Å². The lowest BCUT2D eigenvalue weighted by Gasteiger charge is -2.02. The van der Waals surface area contributed by atoms with Gasteiger partial charge in [-0.05, 0) is 37.1 Å². The highest BCUT2D eigenvalue weighted by Crippen LogP contribution is 2.26. The van der Waals surface area contributed by atoms with Crippen LogP contribution in [-0.4, -0.2) is 26.2 Å². The second-order valence-electron chi connectivity index (χ2n) is 6.29. The first kappa shape index (κ1) is 18.2. The van der Waals surface area contributed by atoms with Crippen LogP contribution in [-0.2, 0) is 20.5 Å². The summed E-state index contributed by atoms with van der Waals surface area (Å²) in [5, 5.41) is 5.08. The zero-order chi connectivity index (χ0) is 18.9. The highest BCUT2D eigenvalue weighted by atomic mass is 32.2. The number of methoxy groups -OCH3 is 1. The van der Waals surface area contributed by atoms with Gasteiger partial charge in [-0.25, -0.2) is 18.5 Å². The van der Waals surface area contributed by atoms with E-state index in [-0.39, 0.29) is 5.75 Å². The van der Waals surface area contributed by atoms with Gasteiger partial charge in [0.1, 0.15) is 11.5 Å². The Morgan fingerprint density at radius 3 is 2.46 bits per heavy atom. The van der Waals surface area contributed by atoms with Gasteiger partial charge in [0.2, 0.25) is 10.0 Å². The van der Waals surface area contributed by atoms with Crippen molar-refractivity contribution in [3.63, 3.8) is 0 Å². The first-order chi connectivity index (χ1) is 12.2. The molecule has 1 aliphatic heterocycles. The van der Waals surface area contributed by atoms with Crippen molar-refractivity contribution in [2.45, 2.75) is 19.6 Å². The fraction of sp³-hybridized carbons (Fsp3) is 0.211. The summed E-state index contributed by atoms with van der Waals surface area (Å²) in [7, 11) is -1.93. The molecule has 7 heteroatoms. The monoisotopic (exact) mass is 371 g/mol. The molecule has 26 heavy (non-hydrogen) atoms. The minimum absolute atomic E-state index is 0.185. The normalized spacial score (nSPS) is 15.9. The standard InChI is InChI=1S/C19H21N3O3S/c1-12-8-13(2)21-16(12)9-18-19(25-3)10-17(22-18)15-6-4-14(5-7-15)11-26(20,23)24/h4-10,21H,11H2,1-3H3,(H2,20,23,24)/b18-9-. The molecule has 136 valence electrons. The number of sulfonamides is 1. The SMILES string of the molecule is COC1=CC(c2ccc(CS(N)(=O)=O)cc2)=N/C1=C\c1[nH]c(C)cc1C. The average Bonchev–Trinajstić information content (AvgIpc) is 3.10. The number of ether oxygens (including phenoxy) is 1. The maximum atomic E-state index is 11.2. The highest BCUT2D eigenvalue weighted by molar-refractivity contribution is 7.88. The molecule has 0 unspecified atom stereocenters. The Bertz CT molecular complexity index is 1030. The third-order valence-electron chi connectivity index (χ3n) is 4.07. The van der Waals surface area contributed by atoms with Crippen molar-refractivity contribution in [1.29, 1.82) is 0 Å². The number of nitrogens with zero attached hydrogens (tertiary/aromatic N) is 1. The van der Waals surface area contributed by atoms with Crippen LogP contribution < -0.4 is 5.14 Å². The Labute approximate surface area is 153 Å². The average molecular weight is 371 g/mol. The Balaban J connectivity index is 1.91. The van der Waals surface area contributed by atoms with Crippen molar-refractivity contribution in [3.8, 4) is 0 Å². The van der Waals surface area contributed by atoms with Gasteiger partial charge < -0.3 is 9.72 Å². The van der Waals surface area contributed by atoms with Crippen molar-refractivity contribution >= 4 is 21.8 Å². The Hall–Kier alpha value is -2.64. The third-order valence-corrected chi connectivity index (χ3v) is 4.81. The fourth-order valence-corrected chi connectivity index (χ4v) is 3.53. The summed E-state index contributed by atoms with van der Waals surface area (Å²) in [5.74, 6) is 0.496. The number of allylic oxidation sites excluding steroid dienone is 1. The molecule has 1 aromatic heterocycles. The van der Waals surface area contributed by atoms with Gasteiger partial charge in [-0.2, -0.15) is 0 Å². The van der Waals surface area contributed by atoms with Crippen LogP contribution in [0.4, 0.5) is 0 Å². The molecular formula is C19H21N3O3S. The Kier molecular flexibility index (Phi) is 4.84. The van der Waals surface area contributed by atoms with Crippen LogP contribution in [0.3, 0.4) is 0 Å². The van der Waals surface area contributed by atoms with Crippen molar-refractivity contribution in [3.05, 3.63) is 75.9 Å². The van der Waals surface area contributed by atoms with Crippen molar-refractivity contribution in [2.75, 3.05) is 7.11 Å². The van der Waals surface area contributed by atoms with Crippen molar-refractivity contribution in [2.24, 2.45) is 10.1 Å². The van der Waals surface area contributed by atoms with Gasteiger partial charge >= 0.3 is 0 Å². The number of hydrogen-bond donors (Lipinski definition) is 2. The molecule has 2 heterocycles. The van der Waals surface area contributed by atoms with Gasteiger partial charge in [0.15, 0.2) is 0 Å². The molecule has 0 amide bonds. The van der Waals surface area contributed by atoms with Gasteiger partial charge in [-0.15, -0.1) is 0 Å². The van der Waals surface area contributed by atoms with E-state index in [0.717, 1.165) is 33.9 Å². The van der Waals surface area contributed by atoms with Crippen molar-refractivity contribution < 1.29 is 13.2 Å². The predicted molar refractivity (Wildman–Crippen MR) is 103 cm³/mol. The minimum atomic E-state index is -3.54. The molecule has 6 nitrogen and oxygen atoms in total. The molecule has 0 saturated heterocycles. The number of aromatic nitrogens is 1. The molecule has 3 rings (SSSR count). The number of primary sulfonamides is 1. The summed E-state index contributed by atoms with van der Waals surface area (Å²) >= 11 is 0. The maximum absolute atomic E-state index is 11.2. The lowest BCUT2D eigenvalue weighted by atomic mass is 10.1. The number of aryl methyl sites for hydroxylation is 2. The number of rotatable bonds is 5. The number of benzene rings is 1. The molecule has 0 bridgehead atoms. The summed E-state index contributed by atoms with van der Waals surface area (Å²) in [6.07, 6.45) is 3.83. The van der Waals surface area contributed by atoms with E-state index < -0.39 is 10.0 Å². The van der Waals surface area contributed by atoms with Gasteiger partial charge in [0, 0.05) is 23.0 Å². The van der Waals surface area contributed by atoms with Gasteiger partial charge in [0.05, 0.1) is 18.6 Å². The predicted octanol–water partition coefficient (Wildman–Crippen LogP) is 2.79. The lowest BCUT2D eigenvalue weighted by Crippen LogP contribution is -2.14. The van der Waals surface area contributed by atoms with E-state index in [1.165, 1.54) is 0 Å². The molecule has 0 spiro atoms. The van der Waals surface area contributed by atoms with Crippen LogP contribution in [0.25, 0.3) is 6.08 Å². The van der Waals surface area contributed by atoms with E-state index >= 15 is 0 Å². The Morgan fingerprint density at radius 1 is 1.23 bits per heavy atom. The number of nitrogens with one attached hydrogen (secondary N) is 1. The number of nitrogens with two attached hydrogens (primary N) is 1. The first-order valence-corrected chi connectivity index (χ1v) is 9.79. The maximum Gasteiger partial charge on any atom is 0.213 e. The van der Waals surface area contributed by atoms with Gasteiger partial charge in [-0.1, -0.05) is 24.3 Å². The lowest BCUT2D eigenvalue weighted by molar-refractivity contribution is 0.303. The fourth-order valence-electron chi connectivity index (χ4n) is 2.87. The van der Waals surface area contributed by atoms with E-state index in [9.17, 15) is 8.42 Å². The summed E-state index contributed by atoms with van der Waals surface area (Å²) in [6, 6.07) is 9.21. The van der Waals surface area contributed by atoms with Crippen LogP contribution in [0.15, 0.2) is 52.9 Å². The molecule has 0 atom stereocenters. The van der Waals surface area contributed by atoms with Gasteiger partial charge in [0.25, 0.3) is 0 Å². The first-order valence-electron chi connectivity index (χ1n) is 8.07. The van der Waals surface area contributed by atoms with E-state index in [4.69, 9.17) is 9.88 Å². The molecule has 0 saturated carbocycles. The molecule has 1 aromatic carbocycles. The zero-order valence-corrected chi connectivity index (χ0v) is 15.7. The zero-order valence-electron chi connectivity index (χ0n) is 14.9. The van der Waals surface area contributed by atoms with Crippen LogP contribution in [0.1, 0.15) is 28.1 Å². The number of aliphatic imine (C=N–C) groups is 1. The summed E-state index contributed by atoms with van der Waals surface area (Å²) in [5.41, 5.74) is 6.23. The van der Waals surface area contributed by atoms with Gasteiger partial charge in [-0.3, -0.25) is 0 Å². The summed E-state index contributed by atoms with van der Waals surface area (Å²) < 4.78 is 27.8. The van der Waals surface area contributed by atoms with Crippen LogP contribution >= 0.6 is 0 Å². The smallest absolute Gasteiger partial charge is 0.213 e. The summed E-state index contributed by atoms with van der Waals surface area (Å²) in [6.45, 7) is 4.05. The van der Waals surface area contributed by atoms with E-state index in [2.05, 4.69) is 16.0 Å². The largest absolute Gasteiger partial charge is 0.494 e. The summed E-state index contributed by atoms with van der Waals surface area (Å²) in [4.78, 5) is 7.96. The topological polar surface area (TPSA) is 97.5 Å². The number of H-pyrrole nitrogens is 1. The quantitative estimate of drug-likeness (QED) is 0.845. The molecule has 1 aliphatic rings. The Morgan fingerprint density at radius 2 is 1.92 bits per heavy atom. The highest BCUT2D eigenvalue weighted by Gasteiger charge is 2.17. The molecule has 2 aromatic rings. The second-order valence-corrected chi connectivity index (χ2v) is 7.91. The molecule has 0 radical (unpaired) electrons. The minimum Gasteiger partial charge on any atom is -0.494 e. The molecule has 0 fully saturated rings. The third kappa shape index (κ3) is 4.12. The molecule has 3 N–H and O–H groups in total. The van der Waals surface area contributed by atoms with Crippen LogP contribution in [0, 0.1) is 13.8 Å². The van der Waals surface area contributed by atoms with E-state index in [0.29, 0.717) is 11.3 Å².